The third kappa shape index (κ3) is 4.86. The second-order valence-corrected chi connectivity index (χ2v) is 8.31. The molecule has 1 aromatic carbocycles. The molecule has 1 fully saturated rings. The Hall–Kier alpha value is -3.15. The minimum Gasteiger partial charge on any atom is -0.344 e. The summed E-state index contributed by atoms with van der Waals surface area (Å²) in [7, 11) is 0. The largest absolute Gasteiger partial charge is 0.449 e. The maximum absolute atomic E-state index is 13.9. The van der Waals surface area contributed by atoms with Crippen molar-refractivity contribution in [2.45, 2.75) is 37.1 Å². The first kappa shape index (κ1) is 24.0. The summed E-state index contributed by atoms with van der Waals surface area (Å²) in [6.45, 7) is -0.0667. The molecule has 2 N–H and O–H groups in total. The van der Waals surface area contributed by atoms with E-state index >= 15 is 0 Å². The Morgan fingerprint density at radius 1 is 1.15 bits per heavy atom. The van der Waals surface area contributed by atoms with E-state index in [1.807, 2.05) is 0 Å². The number of benzene rings is 1. The summed E-state index contributed by atoms with van der Waals surface area (Å²) in [4.78, 5) is 23.3. The van der Waals surface area contributed by atoms with Gasteiger partial charge in [0.15, 0.2) is 11.6 Å². The predicted molar refractivity (Wildman–Crippen MR) is 110 cm³/mol. The highest BCUT2D eigenvalue weighted by Crippen LogP contribution is 2.38. The Labute approximate surface area is 191 Å². The van der Waals surface area contributed by atoms with Gasteiger partial charge in [0.25, 0.3) is 0 Å². The summed E-state index contributed by atoms with van der Waals surface area (Å²) in [6.07, 6.45) is -2.15. The first-order chi connectivity index (χ1) is 16.0. The standard InChI is InChI=1S/C22H21F6N5O/c23-15-9-17(25)16(24)7-13(15)6-14(29)8-19(34)32-4-5-33-18(11-32)20(12-2-1-3-30-10-12)31-21(33)22(26,27)28/h1-3,7,9-10,14,18,20H,4-6,8,11,29H2/t14-,18?,20?/m1/s1. The molecule has 0 saturated carbocycles. The van der Waals surface area contributed by atoms with Crippen LogP contribution in [0.15, 0.2) is 41.7 Å². The van der Waals surface area contributed by atoms with Gasteiger partial charge in [0.2, 0.25) is 11.7 Å². The molecule has 6 nitrogen and oxygen atoms in total. The van der Waals surface area contributed by atoms with Crippen molar-refractivity contribution in [3.63, 3.8) is 0 Å². The van der Waals surface area contributed by atoms with Crippen LogP contribution in [0.5, 0.6) is 0 Å². The third-order valence-corrected chi connectivity index (χ3v) is 5.96. The Kier molecular flexibility index (Phi) is 6.52. The van der Waals surface area contributed by atoms with Crippen LogP contribution in [0.25, 0.3) is 0 Å². The lowest BCUT2D eigenvalue weighted by molar-refractivity contribution is -0.134. The number of nitrogens with zero attached hydrogens (tertiary/aromatic N) is 4. The molecule has 1 aromatic heterocycles. The summed E-state index contributed by atoms with van der Waals surface area (Å²) in [5, 5.41) is 0. The Morgan fingerprint density at radius 3 is 2.56 bits per heavy atom. The van der Waals surface area contributed by atoms with E-state index in [-0.39, 0.29) is 38.0 Å². The van der Waals surface area contributed by atoms with Crippen LogP contribution in [-0.2, 0) is 11.2 Å². The summed E-state index contributed by atoms with van der Waals surface area (Å²) >= 11 is 0. The Morgan fingerprint density at radius 2 is 1.88 bits per heavy atom. The first-order valence-corrected chi connectivity index (χ1v) is 10.5. The van der Waals surface area contributed by atoms with Crippen molar-refractivity contribution in [3.05, 3.63) is 65.2 Å². The van der Waals surface area contributed by atoms with Crippen molar-refractivity contribution >= 4 is 11.7 Å². The van der Waals surface area contributed by atoms with Crippen LogP contribution in [0, 0.1) is 17.5 Å². The summed E-state index contributed by atoms with van der Waals surface area (Å²) < 4.78 is 81.2. The number of hydrogen-bond donors (Lipinski definition) is 1. The predicted octanol–water partition coefficient (Wildman–Crippen LogP) is 2.99. The Bertz CT molecular complexity index is 1090. The number of carbonyl (C=O) groups excluding carboxylic acids is 1. The van der Waals surface area contributed by atoms with E-state index in [1.165, 1.54) is 17.3 Å². The van der Waals surface area contributed by atoms with Crippen molar-refractivity contribution in [3.8, 4) is 0 Å². The minimum absolute atomic E-state index is 0.0201. The first-order valence-electron chi connectivity index (χ1n) is 10.5. The molecular weight excluding hydrogens is 464 g/mol. The number of alkyl halides is 3. The summed E-state index contributed by atoms with van der Waals surface area (Å²) in [5.74, 6) is -4.94. The van der Waals surface area contributed by atoms with Crippen LogP contribution in [0.4, 0.5) is 26.3 Å². The van der Waals surface area contributed by atoms with Crippen LogP contribution in [0.1, 0.15) is 23.6 Å². The fraction of sp³-hybridized carbons (Fsp3) is 0.409. The molecule has 0 radical (unpaired) electrons. The average Bonchev–Trinajstić information content (AvgIpc) is 3.17. The maximum Gasteiger partial charge on any atom is 0.449 e. The zero-order valence-electron chi connectivity index (χ0n) is 17.8. The summed E-state index contributed by atoms with van der Waals surface area (Å²) in [6, 6.07) is 1.85. The van der Waals surface area contributed by atoms with Crippen molar-refractivity contribution in [2.75, 3.05) is 19.6 Å². The number of amides is 1. The maximum atomic E-state index is 13.9. The number of nitrogens with two attached hydrogens (primary N) is 1. The molecular formula is C22H21F6N5O. The lowest BCUT2D eigenvalue weighted by Crippen LogP contribution is -2.57. The highest BCUT2D eigenvalue weighted by Gasteiger charge is 2.51. The second kappa shape index (κ2) is 9.24. The highest BCUT2D eigenvalue weighted by molar-refractivity contribution is 5.90. The van der Waals surface area contributed by atoms with Gasteiger partial charge in [-0.05, 0) is 29.7 Å². The molecule has 2 unspecified atom stereocenters. The van der Waals surface area contributed by atoms with E-state index in [9.17, 15) is 31.1 Å². The molecule has 1 amide bonds. The van der Waals surface area contributed by atoms with Gasteiger partial charge >= 0.3 is 6.18 Å². The Balaban J connectivity index is 1.46. The number of pyridine rings is 1. The molecule has 0 aliphatic carbocycles. The van der Waals surface area contributed by atoms with Crippen molar-refractivity contribution in [2.24, 2.45) is 10.7 Å². The van der Waals surface area contributed by atoms with Crippen molar-refractivity contribution < 1.29 is 31.1 Å². The van der Waals surface area contributed by atoms with Gasteiger partial charge in [0.1, 0.15) is 11.9 Å². The SMILES string of the molecule is N[C@@H](CC(=O)N1CCN2C(C(F)(F)F)=NC(c3cccnc3)C2C1)Cc1cc(F)c(F)cc1F. The smallest absolute Gasteiger partial charge is 0.344 e. The van der Waals surface area contributed by atoms with E-state index in [0.717, 1.165) is 4.90 Å². The van der Waals surface area contributed by atoms with Gasteiger partial charge in [0.05, 0.1) is 6.04 Å². The molecule has 34 heavy (non-hydrogen) atoms. The molecule has 0 bridgehead atoms. The molecule has 2 aromatic rings. The van der Waals surface area contributed by atoms with Gasteiger partial charge in [-0.25, -0.2) is 13.2 Å². The highest BCUT2D eigenvalue weighted by atomic mass is 19.4. The molecule has 1 saturated heterocycles. The van der Waals surface area contributed by atoms with Crippen LogP contribution >= 0.6 is 0 Å². The van der Waals surface area contributed by atoms with E-state index in [4.69, 9.17) is 5.73 Å². The number of hydrogen-bond acceptors (Lipinski definition) is 5. The van der Waals surface area contributed by atoms with Gasteiger partial charge in [-0.15, -0.1) is 0 Å². The monoisotopic (exact) mass is 485 g/mol. The van der Waals surface area contributed by atoms with E-state index in [2.05, 4.69) is 9.98 Å². The van der Waals surface area contributed by atoms with E-state index < -0.39 is 53.5 Å². The van der Waals surface area contributed by atoms with Gasteiger partial charge in [-0.3, -0.25) is 14.8 Å². The summed E-state index contributed by atoms with van der Waals surface area (Å²) in [5.41, 5.74) is 6.28. The molecule has 12 heteroatoms. The fourth-order valence-corrected chi connectivity index (χ4v) is 4.37. The van der Waals surface area contributed by atoms with Crippen LogP contribution in [0.2, 0.25) is 0 Å². The number of piperazine rings is 1. The third-order valence-electron chi connectivity index (χ3n) is 5.96. The van der Waals surface area contributed by atoms with Crippen molar-refractivity contribution in [1.82, 2.24) is 14.8 Å². The minimum atomic E-state index is -4.64. The number of fused-ring (bicyclic) bond motifs is 1. The number of carbonyl (C=O) groups is 1. The molecule has 0 spiro atoms. The zero-order valence-corrected chi connectivity index (χ0v) is 17.8. The fourth-order valence-electron chi connectivity index (χ4n) is 4.37. The lowest BCUT2D eigenvalue weighted by Gasteiger charge is -2.41. The van der Waals surface area contributed by atoms with Crippen LogP contribution < -0.4 is 5.73 Å². The molecule has 4 rings (SSSR count). The number of aromatic nitrogens is 1. The quantitative estimate of drug-likeness (QED) is 0.522. The average molecular weight is 485 g/mol. The molecule has 182 valence electrons. The lowest BCUT2D eigenvalue weighted by atomic mass is 9.98. The number of aliphatic imine (C=N–C) groups is 1. The van der Waals surface area contributed by atoms with Gasteiger partial charge in [-0.2, -0.15) is 13.2 Å². The normalized spacial score (nSPS) is 21.3. The topological polar surface area (TPSA) is 74.8 Å². The molecule has 2 aliphatic rings. The van der Waals surface area contributed by atoms with Crippen LogP contribution in [-0.4, -0.2) is 64.4 Å². The van der Waals surface area contributed by atoms with Crippen LogP contribution in [0.3, 0.4) is 0 Å². The zero-order chi connectivity index (χ0) is 24.6. The molecule has 3 heterocycles. The van der Waals surface area contributed by atoms with Gasteiger partial charge in [0, 0.05) is 50.6 Å². The van der Waals surface area contributed by atoms with Crippen molar-refractivity contribution in [1.29, 1.82) is 0 Å². The van der Waals surface area contributed by atoms with E-state index in [0.29, 0.717) is 17.7 Å². The number of halogens is 6. The van der Waals surface area contributed by atoms with Gasteiger partial charge < -0.3 is 15.5 Å². The molecule has 3 atom stereocenters. The van der Waals surface area contributed by atoms with Gasteiger partial charge in [-0.1, -0.05) is 6.07 Å². The second-order valence-electron chi connectivity index (χ2n) is 8.31. The molecule has 2 aliphatic heterocycles. The van der Waals surface area contributed by atoms with E-state index in [1.54, 1.807) is 12.1 Å². The number of rotatable bonds is 5. The number of amidine groups is 1.